The second-order valence-corrected chi connectivity index (χ2v) is 8.16. The van der Waals surface area contributed by atoms with Crippen LogP contribution in [0.5, 0.6) is 0 Å². The zero-order valence-electron chi connectivity index (χ0n) is 13.9. The molecule has 0 bridgehead atoms. The van der Waals surface area contributed by atoms with Crippen molar-refractivity contribution in [2.75, 3.05) is 0 Å². The molecule has 3 aliphatic carbocycles. The molecule has 116 valence electrons. The molecule has 0 nitrogen and oxygen atoms in total. The largest absolute Gasteiger partial charge is 0.0651 e. The van der Waals surface area contributed by atoms with Gasteiger partial charge < -0.3 is 0 Å². The van der Waals surface area contributed by atoms with Gasteiger partial charge in [0.2, 0.25) is 0 Å². The Kier molecular flexibility index (Phi) is 5.10. The highest BCUT2D eigenvalue weighted by Gasteiger charge is 2.46. The van der Waals surface area contributed by atoms with Crippen LogP contribution in [0.15, 0.2) is 0 Å². The molecule has 0 saturated heterocycles. The number of hydrogen-bond donors (Lipinski definition) is 0. The van der Waals surface area contributed by atoms with Gasteiger partial charge in [-0.25, -0.2) is 0 Å². The molecule has 0 amide bonds. The lowest BCUT2D eigenvalue weighted by Gasteiger charge is -2.53. The minimum Gasteiger partial charge on any atom is -0.0651 e. The van der Waals surface area contributed by atoms with Crippen molar-refractivity contribution in [2.45, 2.75) is 90.9 Å². The first-order valence-corrected chi connectivity index (χ1v) is 9.85. The zero-order valence-corrected chi connectivity index (χ0v) is 13.9. The molecule has 20 heavy (non-hydrogen) atoms. The second kappa shape index (κ2) is 6.84. The van der Waals surface area contributed by atoms with Crippen molar-refractivity contribution >= 4 is 0 Å². The molecule has 0 N–H and O–H groups in total. The van der Waals surface area contributed by atoms with Crippen LogP contribution in [0.4, 0.5) is 0 Å². The highest BCUT2D eigenvalue weighted by atomic mass is 14.5. The Bertz CT molecular complexity index is 282. The maximum Gasteiger partial charge on any atom is -0.0324 e. The predicted molar refractivity (Wildman–Crippen MR) is 87.7 cm³/mol. The zero-order chi connectivity index (χ0) is 13.9. The molecule has 0 heterocycles. The molecular weight excluding hydrogens is 240 g/mol. The summed E-state index contributed by atoms with van der Waals surface area (Å²) in [5, 5.41) is 0. The highest BCUT2D eigenvalue weighted by molar-refractivity contribution is 4.96. The maximum atomic E-state index is 2.49. The van der Waals surface area contributed by atoms with Gasteiger partial charge in [0.05, 0.1) is 0 Å². The molecule has 5 unspecified atom stereocenters. The van der Waals surface area contributed by atoms with Crippen LogP contribution in [-0.2, 0) is 0 Å². The average Bonchev–Trinajstić information content (AvgIpc) is 2.53. The Morgan fingerprint density at radius 1 is 0.700 bits per heavy atom. The summed E-state index contributed by atoms with van der Waals surface area (Å²) in [6.07, 6.45) is 18.4. The van der Waals surface area contributed by atoms with Crippen molar-refractivity contribution in [3.05, 3.63) is 0 Å². The maximum absolute atomic E-state index is 2.49. The van der Waals surface area contributed by atoms with Gasteiger partial charge in [0, 0.05) is 0 Å². The molecule has 0 aromatic carbocycles. The van der Waals surface area contributed by atoms with E-state index in [9.17, 15) is 0 Å². The van der Waals surface area contributed by atoms with E-state index >= 15 is 0 Å². The van der Waals surface area contributed by atoms with Crippen molar-refractivity contribution < 1.29 is 0 Å². The minimum atomic E-state index is 1.06. The number of hydrogen-bond acceptors (Lipinski definition) is 0. The Balaban J connectivity index is 1.82. The van der Waals surface area contributed by atoms with Crippen LogP contribution in [0.2, 0.25) is 0 Å². The van der Waals surface area contributed by atoms with Crippen LogP contribution in [0, 0.1) is 35.5 Å². The van der Waals surface area contributed by atoms with Gasteiger partial charge in [-0.05, 0) is 48.3 Å². The molecule has 0 aliphatic heterocycles. The van der Waals surface area contributed by atoms with E-state index < -0.39 is 0 Å². The van der Waals surface area contributed by atoms with E-state index in [2.05, 4.69) is 13.8 Å². The van der Waals surface area contributed by atoms with E-state index in [0.29, 0.717) is 0 Å². The summed E-state index contributed by atoms with van der Waals surface area (Å²) < 4.78 is 0. The summed E-state index contributed by atoms with van der Waals surface area (Å²) in [5.41, 5.74) is 0. The number of fused-ring (bicyclic) bond motifs is 1. The summed E-state index contributed by atoms with van der Waals surface area (Å²) in [7, 11) is 0. The van der Waals surface area contributed by atoms with Crippen molar-refractivity contribution in [1.82, 2.24) is 0 Å². The van der Waals surface area contributed by atoms with Gasteiger partial charge in [0.1, 0.15) is 0 Å². The highest BCUT2D eigenvalue weighted by Crippen LogP contribution is 2.55. The smallest absolute Gasteiger partial charge is 0.0324 e. The van der Waals surface area contributed by atoms with Gasteiger partial charge in [-0.2, -0.15) is 0 Å². The lowest BCUT2D eigenvalue weighted by Crippen LogP contribution is -2.45. The lowest BCUT2D eigenvalue weighted by molar-refractivity contribution is -0.0340. The van der Waals surface area contributed by atoms with E-state index in [0.717, 1.165) is 35.5 Å². The average molecular weight is 277 g/mol. The van der Waals surface area contributed by atoms with Crippen LogP contribution in [0.25, 0.3) is 0 Å². The molecule has 0 radical (unpaired) electrons. The monoisotopic (exact) mass is 276 g/mol. The summed E-state index contributed by atoms with van der Waals surface area (Å²) in [6, 6.07) is 0. The molecule has 0 heteroatoms. The van der Waals surface area contributed by atoms with Gasteiger partial charge in [0.25, 0.3) is 0 Å². The van der Waals surface area contributed by atoms with E-state index in [-0.39, 0.29) is 0 Å². The third kappa shape index (κ3) is 2.81. The molecule has 0 spiro atoms. The first-order valence-electron chi connectivity index (χ1n) is 9.85. The Morgan fingerprint density at radius 2 is 1.35 bits per heavy atom. The fourth-order valence-electron chi connectivity index (χ4n) is 6.52. The quantitative estimate of drug-likeness (QED) is 0.556. The van der Waals surface area contributed by atoms with Gasteiger partial charge in [0.15, 0.2) is 0 Å². The molecule has 3 fully saturated rings. The van der Waals surface area contributed by atoms with Crippen LogP contribution >= 0.6 is 0 Å². The molecule has 5 atom stereocenters. The predicted octanol–water partition coefficient (Wildman–Crippen LogP) is 6.45. The van der Waals surface area contributed by atoms with E-state index in [1.54, 1.807) is 32.1 Å². The molecule has 3 saturated carbocycles. The topological polar surface area (TPSA) is 0 Å². The number of rotatable bonds is 3. The van der Waals surface area contributed by atoms with Gasteiger partial charge in [-0.1, -0.05) is 78.1 Å². The summed E-state index contributed by atoms with van der Waals surface area (Å²) in [5.74, 6) is 6.59. The van der Waals surface area contributed by atoms with Crippen molar-refractivity contribution in [2.24, 2.45) is 35.5 Å². The van der Waals surface area contributed by atoms with Crippen molar-refractivity contribution in [1.29, 1.82) is 0 Å². The summed E-state index contributed by atoms with van der Waals surface area (Å²) >= 11 is 0. The Hall–Kier alpha value is 0. The van der Waals surface area contributed by atoms with Crippen molar-refractivity contribution in [3.8, 4) is 0 Å². The molecule has 3 aliphatic rings. The second-order valence-electron chi connectivity index (χ2n) is 8.16. The lowest BCUT2D eigenvalue weighted by atomic mass is 9.52. The van der Waals surface area contributed by atoms with E-state index in [1.807, 2.05) is 0 Å². The summed E-state index contributed by atoms with van der Waals surface area (Å²) in [6.45, 7) is 4.96. The fraction of sp³-hybridized carbons (Fsp3) is 1.00. The minimum absolute atomic E-state index is 1.06. The Labute approximate surface area is 127 Å². The van der Waals surface area contributed by atoms with Crippen molar-refractivity contribution in [3.63, 3.8) is 0 Å². The van der Waals surface area contributed by atoms with E-state index in [1.165, 1.54) is 44.9 Å². The standard InChI is InChI=1S/C20H36/c1-3-15-14-17-12-8-9-13-19(17)20(18(15)4-2)16-10-6-5-7-11-16/h15-20H,3-14H2,1-2H3. The molecule has 3 rings (SSSR count). The SMILES string of the molecule is CCC1CC2CCCCC2C(C2CCCCC2)C1CC. The Morgan fingerprint density at radius 3 is 2.05 bits per heavy atom. The summed E-state index contributed by atoms with van der Waals surface area (Å²) in [4.78, 5) is 0. The normalized spacial score (nSPS) is 43.2. The van der Waals surface area contributed by atoms with Gasteiger partial charge in [-0.15, -0.1) is 0 Å². The molecule has 0 aromatic heterocycles. The first-order chi connectivity index (χ1) is 9.85. The van der Waals surface area contributed by atoms with Crippen LogP contribution in [0.3, 0.4) is 0 Å². The third-order valence-corrected chi connectivity index (χ3v) is 7.36. The fourth-order valence-corrected chi connectivity index (χ4v) is 6.52. The third-order valence-electron chi connectivity index (χ3n) is 7.36. The van der Waals surface area contributed by atoms with E-state index in [4.69, 9.17) is 0 Å². The molecule has 0 aromatic rings. The van der Waals surface area contributed by atoms with Crippen LogP contribution in [-0.4, -0.2) is 0 Å². The van der Waals surface area contributed by atoms with Crippen LogP contribution < -0.4 is 0 Å². The van der Waals surface area contributed by atoms with Gasteiger partial charge in [-0.3, -0.25) is 0 Å². The van der Waals surface area contributed by atoms with Crippen LogP contribution in [0.1, 0.15) is 90.9 Å². The first kappa shape index (κ1) is 14.9. The van der Waals surface area contributed by atoms with Gasteiger partial charge >= 0.3 is 0 Å². The molecular formula is C20H36.